The molecule has 0 aliphatic heterocycles. The minimum atomic E-state index is -3.65. The largest absolute Gasteiger partial charge is 0.495 e. The van der Waals surface area contributed by atoms with E-state index in [4.69, 9.17) is 27.9 Å². The van der Waals surface area contributed by atoms with Gasteiger partial charge in [-0.2, -0.15) is 0 Å². The molecular formula is C23H22Cl2N2O4S. The van der Waals surface area contributed by atoms with Crippen LogP contribution in [0, 0.1) is 6.92 Å². The molecule has 0 atom stereocenters. The fraction of sp³-hybridized carbons (Fsp3) is 0.174. The van der Waals surface area contributed by atoms with Crippen molar-refractivity contribution in [1.82, 2.24) is 0 Å². The van der Waals surface area contributed by atoms with E-state index in [1.165, 1.54) is 11.4 Å². The molecule has 9 heteroatoms. The van der Waals surface area contributed by atoms with Crippen molar-refractivity contribution in [3.63, 3.8) is 0 Å². The van der Waals surface area contributed by atoms with Gasteiger partial charge in [-0.15, -0.1) is 0 Å². The smallest absolute Gasteiger partial charge is 0.255 e. The molecule has 0 saturated heterocycles. The third-order valence-corrected chi connectivity index (χ3v) is 6.63. The van der Waals surface area contributed by atoms with E-state index >= 15 is 0 Å². The summed E-state index contributed by atoms with van der Waals surface area (Å²) < 4.78 is 31.4. The van der Waals surface area contributed by atoms with Gasteiger partial charge in [0, 0.05) is 21.2 Å². The van der Waals surface area contributed by atoms with Crippen molar-refractivity contribution in [3.05, 3.63) is 87.4 Å². The molecule has 3 aromatic rings. The number of amides is 1. The average Bonchev–Trinajstić information content (AvgIpc) is 2.73. The zero-order chi connectivity index (χ0) is 23.5. The molecule has 3 rings (SSSR count). The molecule has 0 fully saturated rings. The summed E-state index contributed by atoms with van der Waals surface area (Å²) in [5.41, 5.74) is 2.76. The Morgan fingerprint density at radius 1 is 1.03 bits per heavy atom. The van der Waals surface area contributed by atoms with Gasteiger partial charge < -0.3 is 10.1 Å². The first-order valence-electron chi connectivity index (χ1n) is 9.57. The summed E-state index contributed by atoms with van der Waals surface area (Å²) in [4.78, 5) is 12.7. The highest BCUT2D eigenvalue weighted by Gasteiger charge is 2.21. The van der Waals surface area contributed by atoms with E-state index in [-0.39, 0.29) is 12.5 Å². The SMILES string of the molecule is COc1ccc(C)cc1NC(=O)c1ccc(N(Cc2c(Cl)cccc2Cl)S(C)(=O)=O)cc1. The van der Waals surface area contributed by atoms with Crippen molar-refractivity contribution < 1.29 is 17.9 Å². The second-order valence-electron chi connectivity index (χ2n) is 7.17. The number of ether oxygens (including phenoxy) is 1. The number of hydrogen-bond acceptors (Lipinski definition) is 4. The van der Waals surface area contributed by atoms with Crippen LogP contribution in [-0.2, 0) is 16.6 Å². The van der Waals surface area contributed by atoms with Crippen LogP contribution in [0.15, 0.2) is 60.7 Å². The normalized spacial score (nSPS) is 11.2. The van der Waals surface area contributed by atoms with Gasteiger partial charge in [0.05, 0.1) is 31.3 Å². The number of rotatable bonds is 7. The van der Waals surface area contributed by atoms with Gasteiger partial charge in [-0.25, -0.2) is 8.42 Å². The lowest BCUT2D eigenvalue weighted by molar-refractivity contribution is 0.102. The molecule has 3 aromatic carbocycles. The maximum absolute atomic E-state index is 12.7. The van der Waals surface area contributed by atoms with Crippen LogP contribution in [0.1, 0.15) is 21.5 Å². The molecule has 32 heavy (non-hydrogen) atoms. The molecular weight excluding hydrogens is 471 g/mol. The predicted molar refractivity (Wildman–Crippen MR) is 130 cm³/mol. The second-order valence-corrected chi connectivity index (χ2v) is 9.90. The van der Waals surface area contributed by atoms with Gasteiger partial charge in [0.2, 0.25) is 10.0 Å². The number of benzene rings is 3. The first-order chi connectivity index (χ1) is 15.1. The van der Waals surface area contributed by atoms with Gasteiger partial charge in [-0.1, -0.05) is 35.3 Å². The van der Waals surface area contributed by atoms with E-state index < -0.39 is 10.0 Å². The van der Waals surface area contributed by atoms with Crippen molar-refractivity contribution in [3.8, 4) is 5.75 Å². The van der Waals surface area contributed by atoms with E-state index in [2.05, 4.69) is 5.32 Å². The van der Waals surface area contributed by atoms with Crippen LogP contribution in [0.4, 0.5) is 11.4 Å². The van der Waals surface area contributed by atoms with Crippen LogP contribution in [0.5, 0.6) is 5.75 Å². The summed E-state index contributed by atoms with van der Waals surface area (Å²) in [7, 11) is -2.12. The van der Waals surface area contributed by atoms with E-state index in [1.807, 2.05) is 19.1 Å². The number of methoxy groups -OCH3 is 1. The van der Waals surface area contributed by atoms with Gasteiger partial charge in [0.1, 0.15) is 5.75 Å². The van der Waals surface area contributed by atoms with E-state index in [9.17, 15) is 13.2 Å². The first-order valence-corrected chi connectivity index (χ1v) is 12.2. The lowest BCUT2D eigenvalue weighted by Crippen LogP contribution is -2.29. The lowest BCUT2D eigenvalue weighted by Gasteiger charge is -2.23. The highest BCUT2D eigenvalue weighted by molar-refractivity contribution is 7.92. The molecule has 0 aliphatic carbocycles. The molecule has 0 aromatic heterocycles. The number of nitrogens with zero attached hydrogens (tertiary/aromatic N) is 1. The molecule has 6 nitrogen and oxygen atoms in total. The lowest BCUT2D eigenvalue weighted by atomic mass is 10.1. The third kappa shape index (κ3) is 5.54. The molecule has 0 spiro atoms. The van der Waals surface area contributed by atoms with Gasteiger partial charge in [0.15, 0.2) is 0 Å². The Bertz CT molecular complexity index is 1230. The molecule has 168 valence electrons. The number of nitrogens with one attached hydrogen (secondary N) is 1. The number of sulfonamides is 1. The number of anilines is 2. The van der Waals surface area contributed by atoms with Gasteiger partial charge in [-0.05, 0) is 61.0 Å². The number of carbonyl (C=O) groups is 1. The van der Waals surface area contributed by atoms with Crippen LogP contribution in [0.25, 0.3) is 0 Å². The van der Waals surface area contributed by atoms with E-state index in [0.29, 0.717) is 38.3 Å². The first kappa shape index (κ1) is 23.9. The summed E-state index contributed by atoms with van der Waals surface area (Å²) in [6.45, 7) is 1.87. The molecule has 1 N–H and O–H groups in total. The Hall–Kier alpha value is -2.74. The van der Waals surface area contributed by atoms with Crippen LogP contribution in [0.3, 0.4) is 0 Å². The number of carbonyl (C=O) groups excluding carboxylic acids is 1. The average molecular weight is 493 g/mol. The molecule has 0 aliphatic rings. The minimum Gasteiger partial charge on any atom is -0.495 e. The summed E-state index contributed by atoms with van der Waals surface area (Å²) in [6.07, 6.45) is 1.10. The number of halogens is 2. The highest BCUT2D eigenvalue weighted by atomic mass is 35.5. The Balaban J connectivity index is 1.86. The third-order valence-electron chi connectivity index (χ3n) is 4.78. The molecule has 1 amide bonds. The monoisotopic (exact) mass is 492 g/mol. The molecule has 0 radical (unpaired) electrons. The molecule has 0 heterocycles. The fourth-order valence-electron chi connectivity index (χ4n) is 3.12. The highest BCUT2D eigenvalue weighted by Crippen LogP contribution is 2.30. The summed E-state index contributed by atoms with van der Waals surface area (Å²) in [5.74, 6) is 0.195. The Kier molecular flexibility index (Phi) is 7.33. The molecule has 0 unspecified atom stereocenters. The zero-order valence-electron chi connectivity index (χ0n) is 17.7. The summed E-state index contributed by atoms with van der Waals surface area (Å²) in [6, 6.07) is 16.7. The summed E-state index contributed by atoms with van der Waals surface area (Å²) in [5, 5.41) is 3.56. The zero-order valence-corrected chi connectivity index (χ0v) is 20.1. The van der Waals surface area contributed by atoms with Crippen molar-refractivity contribution in [2.75, 3.05) is 23.0 Å². The quantitative estimate of drug-likeness (QED) is 0.470. The molecule has 0 saturated carbocycles. The maximum atomic E-state index is 12.7. The number of aryl methyl sites for hydroxylation is 1. The second kappa shape index (κ2) is 9.81. The van der Waals surface area contributed by atoms with Crippen molar-refractivity contribution in [2.45, 2.75) is 13.5 Å². The van der Waals surface area contributed by atoms with Crippen LogP contribution < -0.4 is 14.4 Å². The van der Waals surface area contributed by atoms with Gasteiger partial charge in [0.25, 0.3) is 5.91 Å². The topological polar surface area (TPSA) is 75.7 Å². The van der Waals surface area contributed by atoms with Crippen molar-refractivity contribution in [1.29, 1.82) is 0 Å². The van der Waals surface area contributed by atoms with E-state index in [0.717, 1.165) is 11.8 Å². The van der Waals surface area contributed by atoms with E-state index in [1.54, 1.807) is 48.5 Å². The van der Waals surface area contributed by atoms with Crippen LogP contribution >= 0.6 is 23.2 Å². The molecule has 0 bridgehead atoms. The standard InChI is InChI=1S/C23H22Cl2N2O4S/c1-15-7-12-22(31-2)21(13-15)26-23(28)16-8-10-17(11-9-16)27(32(3,29)30)14-18-19(24)5-4-6-20(18)25/h4-13H,14H2,1-3H3,(H,26,28). The van der Waals surface area contributed by atoms with Crippen LogP contribution in [-0.4, -0.2) is 27.7 Å². The fourth-order valence-corrected chi connectivity index (χ4v) is 4.51. The van der Waals surface area contributed by atoms with Gasteiger partial charge >= 0.3 is 0 Å². The summed E-state index contributed by atoms with van der Waals surface area (Å²) >= 11 is 12.4. The number of hydrogen-bond donors (Lipinski definition) is 1. The Morgan fingerprint density at radius 2 is 1.66 bits per heavy atom. The Morgan fingerprint density at radius 3 is 2.22 bits per heavy atom. The van der Waals surface area contributed by atoms with Gasteiger partial charge in [-0.3, -0.25) is 9.10 Å². The van der Waals surface area contributed by atoms with Crippen molar-refractivity contribution in [2.24, 2.45) is 0 Å². The minimum absolute atomic E-state index is 0.0383. The maximum Gasteiger partial charge on any atom is 0.255 e. The van der Waals surface area contributed by atoms with Crippen LogP contribution in [0.2, 0.25) is 10.0 Å². The predicted octanol–water partition coefficient (Wildman–Crippen LogP) is 5.53. The Labute approximate surface area is 197 Å². The van der Waals surface area contributed by atoms with Crippen molar-refractivity contribution >= 4 is 50.5 Å².